The number of rotatable bonds is 3. The number of nitrogens with zero attached hydrogens (tertiary/aromatic N) is 1. The molecular weight excluding hydrogens is 329 g/mol. The van der Waals surface area contributed by atoms with Crippen molar-refractivity contribution in [2.45, 2.75) is 12.8 Å². The van der Waals surface area contributed by atoms with Crippen molar-refractivity contribution in [3.63, 3.8) is 0 Å². The number of benzene rings is 2. The largest absolute Gasteiger partial charge is 0.292 e. The van der Waals surface area contributed by atoms with Crippen molar-refractivity contribution in [2.75, 3.05) is 0 Å². The minimum atomic E-state index is -1.02. The van der Waals surface area contributed by atoms with Gasteiger partial charge in [0.2, 0.25) is 0 Å². The standard InChI is InChI=1S/C16H10Cl3NO/c1-9-2-4-12(14(18)6-9)16(21)13(8-20)11-5-3-10(17)7-15(11)19/h2-7,13H,1H3. The van der Waals surface area contributed by atoms with Crippen molar-refractivity contribution < 1.29 is 4.79 Å². The van der Waals surface area contributed by atoms with Crippen LogP contribution in [0.4, 0.5) is 0 Å². The van der Waals surface area contributed by atoms with E-state index in [9.17, 15) is 10.1 Å². The molecule has 2 nitrogen and oxygen atoms in total. The molecule has 1 unspecified atom stereocenters. The summed E-state index contributed by atoms with van der Waals surface area (Å²) in [7, 11) is 0. The minimum Gasteiger partial charge on any atom is -0.292 e. The third-order valence-electron chi connectivity index (χ3n) is 3.05. The van der Waals surface area contributed by atoms with Gasteiger partial charge in [-0.05, 0) is 42.3 Å². The highest BCUT2D eigenvalue weighted by Crippen LogP contribution is 2.31. The van der Waals surface area contributed by atoms with E-state index in [1.807, 2.05) is 13.0 Å². The molecule has 0 spiro atoms. The monoisotopic (exact) mass is 337 g/mol. The van der Waals surface area contributed by atoms with Gasteiger partial charge in [0.1, 0.15) is 5.92 Å². The molecule has 0 aliphatic heterocycles. The van der Waals surface area contributed by atoms with Gasteiger partial charge < -0.3 is 0 Å². The Morgan fingerprint density at radius 2 is 1.81 bits per heavy atom. The number of halogens is 3. The fraction of sp³-hybridized carbons (Fsp3) is 0.125. The molecule has 2 rings (SSSR count). The number of aryl methyl sites for hydroxylation is 1. The molecule has 0 saturated heterocycles. The maximum atomic E-state index is 12.5. The highest BCUT2D eigenvalue weighted by molar-refractivity contribution is 6.36. The molecule has 106 valence electrons. The Bertz CT molecular complexity index is 750. The second kappa shape index (κ2) is 6.49. The molecule has 0 aliphatic carbocycles. The van der Waals surface area contributed by atoms with E-state index in [1.165, 1.54) is 6.07 Å². The summed E-state index contributed by atoms with van der Waals surface area (Å²) >= 11 is 18.0. The van der Waals surface area contributed by atoms with Crippen LogP contribution in [-0.4, -0.2) is 5.78 Å². The van der Waals surface area contributed by atoms with Gasteiger partial charge in [0, 0.05) is 15.6 Å². The number of Topliss-reactive ketones (excluding diaryl/α,β-unsaturated/α-hetero) is 1. The first kappa shape index (κ1) is 15.9. The smallest absolute Gasteiger partial charge is 0.186 e. The average Bonchev–Trinajstić information content (AvgIpc) is 2.41. The molecule has 0 N–H and O–H groups in total. The van der Waals surface area contributed by atoms with Crippen molar-refractivity contribution in [1.29, 1.82) is 5.26 Å². The zero-order chi connectivity index (χ0) is 15.6. The lowest BCUT2D eigenvalue weighted by Gasteiger charge is -2.12. The molecule has 0 aromatic heterocycles. The highest BCUT2D eigenvalue weighted by Gasteiger charge is 2.25. The van der Waals surface area contributed by atoms with Gasteiger partial charge in [0.05, 0.1) is 11.1 Å². The Hall–Kier alpha value is -1.53. The maximum Gasteiger partial charge on any atom is 0.186 e. The predicted octanol–water partition coefficient (Wildman–Crippen LogP) is 5.45. The first-order valence-electron chi connectivity index (χ1n) is 6.09. The summed E-state index contributed by atoms with van der Waals surface area (Å²) in [4.78, 5) is 12.5. The van der Waals surface area contributed by atoms with Crippen LogP contribution >= 0.6 is 34.8 Å². The van der Waals surface area contributed by atoms with E-state index in [1.54, 1.807) is 30.3 Å². The summed E-state index contributed by atoms with van der Waals surface area (Å²) in [5.74, 6) is -1.40. The quantitative estimate of drug-likeness (QED) is 0.699. The van der Waals surface area contributed by atoms with Crippen molar-refractivity contribution in [3.8, 4) is 6.07 Å². The summed E-state index contributed by atoms with van der Waals surface area (Å²) in [5, 5.41) is 10.4. The van der Waals surface area contributed by atoms with Crippen molar-refractivity contribution >= 4 is 40.6 Å². The number of ketones is 1. The lowest BCUT2D eigenvalue weighted by Crippen LogP contribution is -2.12. The van der Waals surface area contributed by atoms with Gasteiger partial charge in [-0.3, -0.25) is 4.79 Å². The first-order valence-corrected chi connectivity index (χ1v) is 7.22. The third-order valence-corrected chi connectivity index (χ3v) is 3.93. The Labute approximate surface area is 137 Å². The molecule has 0 radical (unpaired) electrons. The SMILES string of the molecule is Cc1ccc(C(=O)C(C#N)c2ccc(Cl)cc2Cl)c(Cl)c1. The number of carbonyl (C=O) groups excluding carboxylic acids is 1. The van der Waals surface area contributed by atoms with Gasteiger partial charge in [-0.2, -0.15) is 5.26 Å². The minimum absolute atomic E-state index is 0.283. The second-order valence-electron chi connectivity index (χ2n) is 4.58. The van der Waals surface area contributed by atoms with E-state index < -0.39 is 5.92 Å². The van der Waals surface area contributed by atoms with Crippen LogP contribution in [0.1, 0.15) is 27.4 Å². The molecular formula is C16H10Cl3NO. The Kier molecular flexibility index (Phi) is 4.90. The summed E-state index contributed by atoms with van der Waals surface area (Å²) in [5.41, 5.74) is 1.67. The van der Waals surface area contributed by atoms with E-state index in [0.717, 1.165) is 5.56 Å². The summed E-state index contributed by atoms with van der Waals surface area (Å²) in [6.07, 6.45) is 0. The van der Waals surface area contributed by atoms with Gasteiger partial charge in [-0.25, -0.2) is 0 Å². The molecule has 2 aromatic carbocycles. The fourth-order valence-electron chi connectivity index (χ4n) is 1.98. The van der Waals surface area contributed by atoms with Crippen molar-refractivity contribution in [3.05, 3.63) is 68.2 Å². The third kappa shape index (κ3) is 3.39. The van der Waals surface area contributed by atoms with Gasteiger partial charge in [-0.15, -0.1) is 0 Å². The lowest BCUT2D eigenvalue weighted by molar-refractivity contribution is 0.0979. The maximum absolute atomic E-state index is 12.5. The van der Waals surface area contributed by atoms with E-state index in [0.29, 0.717) is 21.2 Å². The molecule has 2 aromatic rings. The zero-order valence-corrected chi connectivity index (χ0v) is 13.3. The normalized spacial score (nSPS) is 11.8. The van der Waals surface area contributed by atoms with Crippen LogP contribution in [0, 0.1) is 18.3 Å². The summed E-state index contributed by atoms with van der Waals surface area (Å²) in [6, 6.07) is 11.7. The molecule has 1 atom stereocenters. The molecule has 21 heavy (non-hydrogen) atoms. The molecule has 0 saturated carbocycles. The van der Waals surface area contributed by atoms with Crippen molar-refractivity contribution in [1.82, 2.24) is 0 Å². The fourth-order valence-corrected chi connectivity index (χ4v) is 2.83. The van der Waals surface area contributed by atoms with E-state index in [-0.39, 0.29) is 10.8 Å². The van der Waals surface area contributed by atoms with Gasteiger partial charge in [-0.1, -0.05) is 46.9 Å². The van der Waals surface area contributed by atoms with Crippen LogP contribution in [0.3, 0.4) is 0 Å². The topological polar surface area (TPSA) is 40.9 Å². The van der Waals surface area contributed by atoms with E-state index >= 15 is 0 Å². The molecule has 5 heteroatoms. The van der Waals surface area contributed by atoms with Crippen LogP contribution in [-0.2, 0) is 0 Å². The number of hydrogen-bond donors (Lipinski definition) is 0. The van der Waals surface area contributed by atoms with Gasteiger partial charge in [0.15, 0.2) is 5.78 Å². The van der Waals surface area contributed by atoms with Gasteiger partial charge >= 0.3 is 0 Å². The lowest BCUT2D eigenvalue weighted by atomic mass is 9.91. The number of carbonyl (C=O) groups is 1. The van der Waals surface area contributed by atoms with E-state index in [2.05, 4.69) is 0 Å². The van der Waals surface area contributed by atoms with Crippen LogP contribution in [0.2, 0.25) is 15.1 Å². The average molecular weight is 339 g/mol. The van der Waals surface area contributed by atoms with Crippen molar-refractivity contribution in [2.24, 2.45) is 0 Å². The van der Waals surface area contributed by atoms with Crippen LogP contribution < -0.4 is 0 Å². The Morgan fingerprint density at radius 3 is 2.38 bits per heavy atom. The molecule has 0 aliphatic rings. The number of hydrogen-bond acceptors (Lipinski definition) is 2. The van der Waals surface area contributed by atoms with E-state index in [4.69, 9.17) is 34.8 Å². The molecule has 0 bridgehead atoms. The zero-order valence-electron chi connectivity index (χ0n) is 11.0. The van der Waals surface area contributed by atoms with Crippen LogP contribution in [0.15, 0.2) is 36.4 Å². The second-order valence-corrected chi connectivity index (χ2v) is 5.83. The highest BCUT2D eigenvalue weighted by atomic mass is 35.5. The van der Waals surface area contributed by atoms with Crippen LogP contribution in [0.25, 0.3) is 0 Å². The summed E-state index contributed by atoms with van der Waals surface area (Å²) < 4.78 is 0. The number of nitriles is 1. The van der Waals surface area contributed by atoms with Crippen LogP contribution in [0.5, 0.6) is 0 Å². The molecule has 0 heterocycles. The first-order chi connectivity index (χ1) is 9.93. The predicted molar refractivity (Wildman–Crippen MR) is 85.3 cm³/mol. The molecule has 0 fully saturated rings. The molecule has 0 amide bonds. The Balaban J connectivity index is 2.46. The van der Waals surface area contributed by atoms with Gasteiger partial charge in [0.25, 0.3) is 0 Å². The summed E-state index contributed by atoms with van der Waals surface area (Å²) in [6.45, 7) is 1.87. The Morgan fingerprint density at radius 1 is 1.10 bits per heavy atom.